The minimum Gasteiger partial charge on any atom is -0.303 e. The average molecular weight is 291 g/mol. The zero-order valence-electron chi connectivity index (χ0n) is 11.7. The number of aromatic nitrogens is 3. The summed E-state index contributed by atoms with van der Waals surface area (Å²) >= 11 is 0. The van der Waals surface area contributed by atoms with Crippen molar-refractivity contribution in [1.29, 1.82) is 0 Å². The second-order valence-corrected chi connectivity index (χ2v) is 5.22. The number of nitrogens with zero attached hydrogens (tertiary/aromatic N) is 1. The van der Waals surface area contributed by atoms with Gasteiger partial charge in [-0.3, -0.25) is 19.8 Å². The third-order valence-corrected chi connectivity index (χ3v) is 3.88. The zero-order valence-corrected chi connectivity index (χ0v) is 11.7. The number of hydrogen-bond acceptors (Lipinski definition) is 2. The summed E-state index contributed by atoms with van der Waals surface area (Å²) in [5, 5.41) is 6.35. The molecule has 0 bridgehead atoms. The van der Waals surface area contributed by atoms with Crippen LogP contribution >= 0.6 is 0 Å². The number of H-pyrrole nitrogens is 2. The van der Waals surface area contributed by atoms with Crippen LogP contribution in [0, 0.1) is 0 Å². The van der Waals surface area contributed by atoms with Crippen LogP contribution in [-0.2, 0) is 6.54 Å². The standard InChI is InChI=1S/C17H13N3O2/c21-16-14-15(18-19-16)12-8-4-5-9-13(12)20(17(14)22)10-11-6-2-1-3-7-11/h1-9H,10H2,(H2,18,19,21). The van der Waals surface area contributed by atoms with E-state index in [-0.39, 0.29) is 16.5 Å². The van der Waals surface area contributed by atoms with E-state index in [1.54, 1.807) is 4.57 Å². The second-order valence-electron chi connectivity index (χ2n) is 5.22. The van der Waals surface area contributed by atoms with Gasteiger partial charge in [0.1, 0.15) is 5.39 Å². The monoisotopic (exact) mass is 291 g/mol. The molecule has 2 N–H and O–H groups in total. The van der Waals surface area contributed by atoms with Gasteiger partial charge in [0.25, 0.3) is 11.1 Å². The highest BCUT2D eigenvalue weighted by atomic mass is 16.1. The zero-order chi connectivity index (χ0) is 15.1. The molecule has 0 fully saturated rings. The summed E-state index contributed by atoms with van der Waals surface area (Å²) in [4.78, 5) is 24.7. The Morgan fingerprint density at radius 2 is 1.59 bits per heavy atom. The Morgan fingerprint density at radius 3 is 2.41 bits per heavy atom. The summed E-state index contributed by atoms with van der Waals surface area (Å²) < 4.78 is 1.65. The van der Waals surface area contributed by atoms with Gasteiger partial charge in [-0.2, -0.15) is 0 Å². The van der Waals surface area contributed by atoms with Crippen molar-refractivity contribution in [1.82, 2.24) is 14.8 Å². The predicted molar refractivity (Wildman–Crippen MR) is 86.2 cm³/mol. The van der Waals surface area contributed by atoms with Gasteiger partial charge in [0.2, 0.25) is 0 Å². The molecular formula is C17H13N3O2. The van der Waals surface area contributed by atoms with Crippen molar-refractivity contribution in [3.8, 4) is 0 Å². The van der Waals surface area contributed by atoms with Gasteiger partial charge >= 0.3 is 0 Å². The summed E-state index contributed by atoms with van der Waals surface area (Å²) in [5.74, 6) is 0. The van der Waals surface area contributed by atoms with E-state index in [1.165, 1.54) is 0 Å². The third kappa shape index (κ3) is 1.79. The number of pyridine rings is 1. The van der Waals surface area contributed by atoms with Gasteiger partial charge < -0.3 is 4.57 Å². The molecule has 0 saturated carbocycles. The van der Waals surface area contributed by atoms with E-state index in [1.807, 2.05) is 54.6 Å². The van der Waals surface area contributed by atoms with Crippen molar-refractivity contribution in [2.45, 2.75) is 6.54 Å². The van der Waals surface area contributed by atoms with Crippen LogP contribution in [0.2, 0.25) is 0 Å². The van der Waals surface area contributed by atoms with Crippen LogP contribution in [0.3, 0.4) is 0 Å². The predicted octanol–water partition coefficient (Wildman–Crippen LogP) is 2.22. The third-order valence-electron chi connectivity index (χ3n) is 3.88. The Kier molecular flexibility index (Phi) is 2.72. The van der Waals surface area contributed by atoms with Gasteiger partial charge in [-0.1, -0.05) is 48.5 Å². The summed E-state index contributed by atoms with van der Waals surface area (Å²) in [6.45, 7) is 0.431. The van der Waals surface area contributed by atoms with Gasteiger partial charge in [-0.15, -0.1) is 0 Å². The quantitative estimate of drug-likeness (QED) is 0.594. The van der Waals surface area contributed by atoms with E-state index in [9.17, 15) is 9.59 Å². The molecule has 2 heterocycles. The van der Waals surface area contributed by atoms with Crippen molar-refractivity contribution in [2.24, 2.45) is 0 Å². The molecule has 108 valence electrons. The Morgan fingerprint density at radius 1 is 0.864 bits per heavy atom. The highest BCUT2D eigenvalue weighted by Gasteiger charge is 2.14. The fraction of sp³-hybridized carbons (Fsp3) is 0.0588. The first-order valence-corrected chi connectivity index (χ1v) is 7.01. The van der Waals surface area contributed by atoms with E-state index >= 15 is 0 Å². The van der Waals surface area contributed by atoms with E-state index < -0.39 is 0 Å². The summed E-state index contributed by atoms with van der Waals surface area (Å²) in [6, 6.07) is 17.3. The van der Waals surface area contributed by atoms with Crippen molar-refractivity contribution in [2.75, 3.05) is 0 Å². The fourth-order valence-corrected chi connectivity index (χ4v) is 2.85. The molecule has 5 nitrogen and oxygen atoms in total. The Labute approximate surface area is 124 Å². The molecule has 2 aromatic heterocycles. The van der Waals surface area contributed by atoms with Gasteiger partial charge in [0.05, 0.1) is 17.6 Å². The number of rotatable bonds is 2. The number of aromatic amines is 2. The molecule has 0 amide bonds. The van der Waals surface area contributed by atoms with Gasteiger partial charge in [0.15, 0.2) is 0 Å². The Hall–Kier alpha value is -3.08. The summed E-state index contributed by atoms with van der Waals surface area (Å²) in [7, 11) is 0. The van der Waals surface area contributed by atoms with Crippen molar-refractivity contribution >= 4 is 21.8 Å². The van der Waals surface area contributed by atoms with E-state index in [0.717, 1.165) is 16.5 Å². The molecule has 0 saturated heterocycles. The number of para-hydroxylation sites is 1. The maximum Gasteiger partial charge on any atom is 0.277 e. The topological polar surface area (TPSA) is 70.7 Å². The molecule has 4 aromatic rings. The highest BCUT2D eigenvalue weighted by molar-refractivity contribution is 6.02. The smallest absolute Gasteiger partial charge is 0.277 e. The fourth-order valence-electron chi connectivity index (χ4n) is 2.85. The molecule has 5 heteroatoms. The van der Waals surface area contributed by atoms with Crippen LogP contribution in [0.25, 0.3) is 21.8 Å². The molecule has 0 aliphatic rings. The lowest BCUT2D eigenvalue weighted by molar-refractivity contribution is 0.802. The van der Waals surface area contributed by atoms with Crippen molar-refractivity contribution in [3.63, 3.8) is 0 Å². The molecule has 0 radical (unpaired) electrons. The largest absolute Gasteiger partial charge is 0.303 e. The van der Waals surface area contributed by atoms with Crippen molar-refractivity contribution in [3.05, 3.63) is 80.9 Å². The highest BCUT2D eigenvalue weighted by Crippen LogP contribution is 2.19. The first-order chi connectivity index (χ1) is 10.8. The first-order valence-electron chi connectivity index (χ1n) is 7.01. The Balaban J connectivity index is 2.11. The molecule has 0 aliphatic heterocycles. The minimum atomic E-state index is -0.382. The van der Waals surface area contributed by atoms with Crippen LogP contribution in [0.4, 0.5) is 0 Å². The van der Waals surface area contributed by atoms with E-state index in [2.05, 4.69) is 10.2 Å². The molecule has 4 rings (SSSR count). The molecule has 22 heavy (non-hydrogen) atoms. The average Bonchev–Trinajstić information content (AvgIpc) is 2.95. The molecule has 0 spiro atoms. The van der Waals surface area contributed by atoms with Crippen LogP contribution < -0.4 is 11.1 Å². The summed E-state index contributed by atoms with van der Waals surface area (Å²) in [6.07, 6.45) is 0. The van der Waals surface area contributed by atoms with E-state index in [0.29, 0.717) is 12.1 Å². The maximum absolute atomic E-state index is 12.8. The number of fused-ring (bicyclic) bond motifs is 3. The van der Waals surface area contributed by atoms with Crippen LogP contribution in [0.1, 0.15) is 5.56 Å². The molecule has 0 unspecified atom stereocenters. The van der Waals surface area contributed by atoms with Crippen LogP contribution in [0.15, 0.2) is 64.2 Å². The molecule has 0 atom stereocenters. The van der Waals surface area contributed by atoms with Gasteiger partial charge in [0, 0.05) is 5.39 Å². The lowest BCUT2D eigenvalue weighted by Crippen LogP contribution is -2.24. The number of benzene rings is 2. The number of nitrogens with one attached hydrogen (secondary N) is 2. The lowest BCUT2D eigenvalue weighted by atomic mass is 10.1. The van der Waals surface area contributed by atoms with Gasteiger partial charge in [-0.05, 0) is 11.6 Å². The molecular weight excluding hydrogens is 278 g/mol. The summed E-state index contributed by atoms with van der Waals surface area (Å²) in [5.41, 5.74) is 1.72. The van der Waals surface area contributed by atoms with Crippen LogP contribution in [0.5, 0.6) is 0 Å². The normalized spacial score (nSPS) is 11.3. The first kappa shape index (κ1) is 12.6. The molecule has 0 aliphatic carbocycles. The number of hydrogen-bond donors (Lipinski definition) is 2. The maximum atomic E-state index is 12.8. The van der Waals surface area contributed by atoms with Crippen LogP contribution in [-0.4, -0.2) is 14.8 Å². The SMILES string of the molecule is O=c1[nH][nH]c2c1c(=O)n(Cc1ccccc1)c1ccccc21. The molecule has 2 aromatic carbocycles. The van der Waals surface area contributed by atoms with Gasteiger partial charge in [-0.25, -0.2) is 0 Å². The van der Waals surface area contributed by atoms with E-state index in [4.69, 9.17) is 0 Å². The van der Waals surface area contributed by atoms with Crippen molar-refractivity contribution < 1.29 is 0 Å². The minimum absolute atomic E-state index is 0.176. The Bertz CT molecular complexity index is 1090. The lowest BCUT2D eigenvalue weighted by Gasteiger charge is -2.11. The second kappa shape index (κ2) is 4.73.